The van der Waals surface area contributed by atoms with Crippen LogP contribution in [0.3, 0.4) is 0 Å². The Hall–Kier alpha value is -2.83. The average molecular weight is 321 g/mol. The van der Waals surface area contributed by atoms with Gasteiger partial charge in [0.05, 0.1) is 22.3 Å². The Labute approximate surface area is 139 Å². The zero-order valence-electron chi connectivity index (χ0n) is 14.2. The van der Waals surface area contributed by atoms with Crippen LogP contribution in [0.15, 0.2) is 37.1 Å². The highest BCUT2D eigenvalue weighted by molar-refractivity contribution is 5.55. The molecule has 0 radical (unpaired) electrons. The van der Waals surface area contributed by atoms with E-state index in [1.807, 2.05) is 15.0 Å². The van der Waals surface area contributed by atoms with Crippen LogP contribution in [-0.4, -0.2) is 34.2 Å². The first-order chi connectivity index (χ1) is 11.5. The molecule has 4 heterocycles. The summed E-state index contributed by atoms with van der Waals surface area (Å²) in [6, 6.07) is 6.03. The van der Waals surface area contributed by atoms with Gasteiger partial charge in [0.25, 0.3) is 0 Å². The Morgan fingerprint density at radius 2 is 1.92 bits per heavy atom. The molecule has 0 saturated carbocycles. The first-order valence-electron chi connectivity index (χ1n) is 7.98. The summed E-state index contributed by atoms with van der Waals surface area (Å²) in [7, 11) is 0. The third kappa shape index (κ3) is 2.01. The van der Waals surface area contributed by atoms with Gasteiger partial charge in [-0.05, 0) is 31.9 Å². The molecule has 0 aliphatic heterocycles. The highest BCUT2D eigenvalue weighted by Crippen LogP contribution is 2.32. The van der Waals surface area contributed by atoms with Gasteiger partial charge in [0.1, 0.15) is 18.5 Å². The van der Waals surface area contributed by atoms with Crippen molar-refractivity contribution in [3.8, 4) is 0 Å². The van der Waals surface area contributed by atoms with Crippen LogP contribution in [0.5, 0.6) is 0 Å². The van der Waals surface area contributed by atoms with Crippen molar-refractivity contribution in [1.29, 1.82) is 0 Å². The summed E-state index contributed by atoms with van der Waals surface area (Å²) in [5, 5.41) is 12.6. The minimum Gasteiger partial charge on any atom is -0.268 e. The van der Waals surface area contributed by atoms with Gasteiger partial charge in [0.2, 0.25) is 0 Å². The Kier molecular flexibility index (Phi) is 3.13. The predicted molar refractivity (Wildman–Crippen MR) is 90.0 cm³/mol. The molecule has 0 amide bonds. The standard InChI is InChI=1S/C17H19N7/c1-11(2)15-12-5-6-13(24(12)21-9-19-15)17(3,4)16-18-8-7-14-22-20-10-23(14)16/h5-11H,1-4H3. The Morgan fingerprint density at radius 3 is 2.71 bits per heavy atom. The summed E-state index contributed by atoms with van der Waals surface area (Å²) in [4.78, 5) is 9.04. The largest absolute Gasteiger partial charge is 0.268 e. The maximum Gasteiger partial charge on any atom is 0.163 e. The van der Waals surface area contributed by atoms with E-state index in [0.29, 0.717) is 5.92 Å². The molecule has 4 aromatic rings. The summed E-state index contributed by atoms with van der Waals surface area (Å²) in [6.07, 6.45) is 5.09. The van der Waals surface area contributed by atoms with Gasteiger partial charge in [0.15, 0.2) is 5.65 Å². The molecule has 122 valence electrons. The van der Waals surface area contributed by atoms with E-state index in [1.165, 1.54) is 0 Å². The Morgan fingerprint density at radius 1 is 1.08 bits per heavy atom. The van der Waals surface area contributed by atoms with Crippen molar-refractivity contribution in [3.05, 3.63) is 54.3 Å². The molecular formula is C17H19N7. The lowest BCUT2D eigenvalue weighted by Crippen LogP contribution is -2.26. The summed E-state index contributed by atoms with van der Waals surface area (Å²) < 4.78 is 3.89. The SMILES string of the molecule is CC(C)c1ncnn2c(C(C)(C)c3nccc4nncn34)ccc12. The average Bonchev–Trinajstić information content (AvgIpc) is 3.20. The molecule has 0 bridgehead atoms. The zero-order chi connectivity index (χ0) is 16.9. The number of aromatic nitrogens is 7. The minimum absolute atomic E-state index is 0.334. The molecule has 4 rings (SSSR count). The lowest BCUT2D eigenvalue weighted by molar-refractivity contribution is 0.543. The van der Waals surface area contributed by atoms with Gasteiger partial charge < -0.3 is 0 Å². The lowest BCUT2D eigenvalue weighted by Gasteiger charge is -2.24. The quantitative estimate of drug-likeness (QED) is 0.580. The second-order valence-electron chi connectivity index (χ2n) is 6.77. The van der Waals surface area contributed by atoms with E-state index >= 15 is 0 Å². The van der Waals surface area contributed by atoms with Crippen molar-refractivity contribution in [2.24, 2.45) is 0 Å². The number of hydrogen-bond acceptors (Lipinski definition) is 5. The van der Waals surface area contributed by atoms with Gasteiger partial charge in [-0.2, -0.15) is 5.10 Å². The molecule has 0 aliphatic carbocycles. The van der Waals surface area contributed by atoms with Gasteiger partial charge in [-0.25, -0.2) is 14.5 Å². The van der Waals surface area contributed by atoms with Crippen LogP contribution in [0.2, 0.25) is 0 Å². The topological polar surface area (TPSA) is 73.3 Å². The highest BCUT2D eigenvalue weighted by Gasteiger charge is 2.31. The molecule has 0 aromatic carbocycles. The van der Waals surface area contributed by atoms with Crippen LogP contribution in [0, 0.1) is 0 Å². The lowest BCUT2D eigenvalue weighted by atomic mass is 9.88. The third-order valence-electron chi connectivity index (χ3n) is 4.45. The summed E-state index contributed by atoms with van der Waals surface area (Å²) in [5.74, 6) is 1.20. The Balaban J connectivity index is 1.96. The fourth-order valence-corrected chi connectivity index (χ4v) is 3.21. The van der Waals surface area contributed by atoms with Crippen LogP contribution in [0.4, 0.5) is 0 Å². The minimum atomic E-state index is -0.378. The molecule has 7 nitrogen and oxygen atoms in total. The van der Waals surface area contributed by atoms with E-state index in [4.69, 9.17) is 0 Å². The van der Waals surface area contributed by atoms with Gasteiger partial charge in [-0.1, -0.05) is 13.8 Å². The molecule has 0 atom stereocenters. The number of hydrogen-bond donors (Lipinski definition) is 0. The summed E-state index contributed by atoms with van der Waals surface area (Å²) >= 11 is 0. The van der Waals surface area contributed by atoms with Crippen molar-refractivity contribution in [2.45, 2.75) is 39.0 Å². The van der Waals surface area contributed by atoms with Crippen LogP contribution < -0.4 is 0 Å². The van der Waals surface area contributed by atoms with Crippen LogP contribution in [-0.2, 0) is 5.41 Å². The van der Waals surface area contributed by atoms with Gasteiger partial charge in [0, 0.05) is 12.3 Å². The number of nitrogens with zero attached hydrogens (tertiary/aromatic N) is 7. The normalized spacial score (nSPS) is 12.5. The second kappa shape index (κ2) is 5.09. The van der Waals surface area contributed by atoms with E-state index in [1.54, 1.807) is 18.9 Å². The molecule has 0 spiro atoms. The first-order valence-corrected chi connectivity index (χ1v) is 7.98. The van der Waals surface area contributed by atoms with Crippen molar-refractivity contribution in [3.63, 3.8) is 0 Å². The summed E-state index contributed by atoms with van der Waals surface area (Å²) in [6.45, 7) is 8.54. The molecule has 24 heavy (non-hydrogen) atoms. The van der Waals surface area contributed by atoms with Gasteiger partial charge >= 0.3 is 0 Å². The van der Waals surface area contributed by atoms with Crippen molar-refractivity contribution in [2.75, 3.05) is 0 Å². The van der Waals surface area contributed by atoms with Crippen molar-refractivity contribution >= 4 is 11.2 Å². The monoisotopic (exact) mass is 321 g/mol. The number of rotatable bonds is 3. The Bertz CT molecular complexity index is 1030. The molecular weight excluding hydrogens is 302 g/mol. The molecule has 0 saturated heterocycles. The van der Waals surface area contributed by atoms with E-state index in [-0.39, 0.29) is 5.41 Å². The number of fused-ring (bicyclic) bond motifs is 2. The molecule has 0 N–H and O–H groups in total. The maximum atomic E-state index is 4.60. The predicted octanol–water partition coefficient (Wildman–Crippen LogP) is 2.62. The van der Waals surface area contributed by atoms with E-state index in [2.05, 4.69) is 65.1 Å². The highest BCUT2D eigenvalue weighted by atomic mass is 15.3. The molecule has 0 aliphatic rings. The van der Waals surface area contributed by atoms with E-state index < -0.39 is 0 Å². The van der Waals surface area contributed by atoms with Gasteiger partial charge in [-0.15, -0.1) is 10.2 Å². The molecule has 4 aromatic heterocycles. The van der Waals surface area contributed by atoms with Crippen LogP contribution in [0.25, 0.3) is 11.2 Å². The smallest absolute Gasteiger partial charge is 0.163 e. The van der Waals surface area contributed by atoms with Crippen molar-refractivity contribution in [1.82, 2.24) is 34.2 Å². The van der Waals surface area contributed by atoms with E-state index in [9.17, 15) is 0 Å². The molecule has 0 unspecified atom stereocenters. The van der Waals surface area contributed by atoms with Crippen molar-refractivity contribution < 1.29 is 0 Å². The zero-order valence-corrected chi connectivity index (χ0v) is 14.2. The first kappa shape index (κ1) is 14.7. The third-order valence-corrected chi connectivity index (χ3v) is 4.45. The van der Waals surface area contributed by atoms with Crippen LogP contribution >= 0.6 is 0 Å². The van der Waals surface area contributed by atoms with Gasteiger partial charge in [-0.3, -0.25) is 4.40 Å². The summed E-state index contributed by atoms with van der Waals surface area (Å²) in [5.41, 5.74) is 3.53. The second-order valence-corrected chi connectivity index (χ2v) is 6.77. The van der Waals surface area contributed by atoms with Crippen LogP contribution in [0.1, 0.15) is 50.8 Å². The fourth-order valence-electron chi connectivity index (χ4n) is 3.21. The maximum absolute atomic E-state index is 4.60. The fraction of sp³-hybridized carbons (Fsp3) is 0.353. The van der Waals surface area contributed by atoms with E-state index in [0.717, 1.165) is 28.4 Å². The molecule has 7 heteroatoms. The molecule has 0 fully saturated rings.